The average molecular weight is 331 g/mol. The number of pyridine rings is 1. The average Bonchev–Trinajstić information content (AvgIpc) is 3.03. The normalized spacial score (nSPS) is 17.0. The molecule has 24 heavy (non-hydrogen) atoms. The predicted molar refractivity (Wildman–Crippen MR) is 88.0 cm³/mol. The van der Waals surface area contributed by atoms with Crippen LogP contribution in [0.2, 0.25) is 0 Å². The third-order valence-corrected chi connectivity index (χ3v) is 3.64. The number of hydrogen-bond donors (Lipinski definition) is 3. The fraction of sp³-hybridized carbons (Fsp3) is 0.267. The van der Waals surface area contributed by atoms with Crippen LogP contribution in [0.3, 0.4) is 0 Å². The highest BCUT2D eigenvalue weighted by atomic mass is 19.1. The molecule has 0 amide bonds. The predicted octanol–water partition coefficient (Wildman–Crippen LogP) is 0.671. The third kappa shape index (κ3) is 3.35. The second-order valence-corrected chi connectivity index (χ2v) is 5.26. The molecule has 1 unspecified atom stereocenters. The number of anilines is 1. The summed E-state index contributed by atoms with van der Waals surface area (Å²) in [6.07, 6.45) is 4.98. The van der Waals surface area contributed by atoms with Gasteiger partial charge in [0, 0.05) is 24.0 Å². The maximum Gasteiger partial charge on any atom is 0.213 e. The Balaban J connectivity index is 1.68. The highest BCUT2D eigenvalue weighted by Crippen LogP contribution is 2.19. The molecule has 1 aliphatic heterocycles. The first-order valence-electron chi connectivity index (χ1n) is 7.35. The minimum atomic E-state index is -0.618. The van der Waals surface area contributed by atoms with Crippen LogP contribution in [-0.4, -0.2) is 34.4 Å². The van der Waals surface area contributed by atoms with Crippen molar-refractivity contribution in [2.75, 3.05) is 12.0 Å². The Morgan fingerprint density at radius 2 is 2.21 bits per heavy atom. The summed E-state index contributed by atoms with van der Waals surface area (Å²) in [7, 11) is 1.50. The number of nitrogens with two attached hydrogens (primary N) is 2. The van der Waals surface area contributed by atoms with Crippen molar-refractivity contribution in [2.45, 2.75) is 19.1 Å². The Hall–Kier alpha value is -2.94. The fourth-order valence-electron chi connectivity index (χ4n) is 2.36. The number of ether oxygens (including phenoxy) is 1. The van der Waals surface area contributed by atoms with Crippen molar-refractivity contribution in [1.29, 1.82) is 0 Å². The molecule has 3 heterocycles. The van der Waals surface area contributed by atoms with Crippen LogP contribution >= 0.6 is 0 Å². The maximum absolute atomic E-state index is 13.8. The number of amidine groups is 1. The number of nitrogens with one attached hydrogen (secondary N) is 1. The first kappa shape index (κ1) is 15.9. The standard InChI is InChI=1S/C15H18FN7O/c1-24-14-6-9(11(16)8-19-14)2-3-10-7-13(22-21-10)23-5-4-12(17)20-15(23)18/h4-8,15H,2-3,18H2,1H3,(H2,17,20)(H,21,22). The summed E-state index contributed by atoms with van der Waals surface area (Å²) in [6.45, 7) is 0. The number of nitrogens with zero attached hydrogens (tertiary/aromatic N) is 4. The number of aromatic amines is 1. The zero-order valence-electron chi connectivity index (χ0n) is 13.1. The summed E-state index contributed by atoms with van der Waals surface area (Å²) in [4.78, 5) is 9.57. The number of methoxy groups -OCH3 is 1. The van der Waals surface area contributed by atoms with Gasteiger partial charge in [-0.3, -0.25) is 15.7 Å². The zero-order valence-corrected chi connectivity index (χ0v) is 13.1. The molecule has 0 spiro atoms. The Morgan fingerprint density at radius 3 is 2.96 bits per heavy atom. The number of aliphatic imine (C=N–C) groups is 1. The van der Waals surface area contributed by atoms with Gasteiger partial charge in [0.25, 0.3) is 0 Å². The van der Waals surface area contributed by atoms with Gasteiger partial charge < -0.3 is 10.5 Å². The van der Waals surface area contributed by atoms with Crippen LogP contribution in [0.5, 0.6) is 5.88 Å². The molecule has 0 saturated heterocycles. The molecule has 126 valence electrons. The molecule has 0 aromatic carbocycles. The molecule has 8 nitrogen and oxygen atoms in total. The molecule has 0 fully saturated rings. The summed E-state index contributed by atoms with van der Waals surface area (Å²) in [5, 5.41) is 7.14. The monoisotopic (exact) mass is 331 g/mol. The Kier molecular flexibility index (Phi) is 4.43. The van der Waals surface area contributed by atoms with Gasteiger partial charge in [-0.2, -0.15) is 5.10 Å². The number of rotatable bonds is 5. The van der Waals surface area contributed by atoms with Crippen LogP contribution in [0.4, 0.5) is 10.2 Å². The molecule has 2 aromatic heterocycles. The number of halogens is 1. The largest absolute Gasteiger partial charge is 0.481 e. The molecule has 0 saturated carbocycles. The number of hydrogen-bond acceptors (Lipinski definition) is 7. The molecule has 0 aliphatic carbocycles. The van der Waals surface area contributed by atoms with Gasteiger partial charge in [0.1, 0.15) is 11.7 Å². The Morgan fingerprint density at radius 1 is 1.38 bits per heavy atom. The summed E-state index contributed by atoms with van der Waals surface area (Å²) >= 11 is 0. The molecule has 5 N–H and O–H groups in total. The lowest BCUT2D eigenvalue weighted by molar-refractivity contribution is 0.394. The van der Waals surface area contributed by atoms with Gasteiger partial charge in [-0.15, -0.1) is 0 Å². The van der Waals surface area contributed by atoms with Crippen LogP contribution in [0, 0.1) is 5.82 Å². The van der Waals surface area contributed by atoms with E-state index in [1.54, 1.807) is 23.2 Å². The van der Waals surface area contributed by atoms with Crippen molar-refractivity contribution in [2.24, 2.45) is 16.5 Å². The van der Waals surface area contributed by atoms with E-state index in [1.165, 1.54) is 7.11 Å². The van der Waals surface area contributed by atoms with Gasteiger partial charge in [-0.1, -0.05) is 0 Å². The lowest BCUT2D eigenvalue weighted by atomic mass is 10.1. The fourth-order valence-corrected chi connectivity index (χ4v) is 2.36. The number of aromatic nitrogens is 3. The first-order chi connectivity index (χ1) is 11.6. The number of H-pyrrole nitrogens is 1. The lowest BCUT2D eigenvalue weighted by Crippen LogP contribution is -2.41. The van der Waals surface area contributed by atoms with Crippen molar-refractivity contribution in [3.63, 3.8) is 0 Å². The van der Waals surface area contributed by atoms with Gasteiger partial charge in [0.05, 0.1) is 13.3 Å². The lowest BCUT2D eigenvalue weighted by Gasteiger charge is -2.24. The van der Waals surface area contributed by atoms with E-state index in [0.717, 1.165) is 11.9 Å². The van der Waals surface area contributed by atoms with Crippen LogP contribution in [0.25, 0.3) is 0 Å². The zero-order chi connectivity index (χ0) is 17.1. The van der Waals surface area contributed by atoms with Crippen LogP contribution in [0.1, 0.15) is 11.3 Å². The van der Waals surface area contributed by atoms with Gasteiger partial charge >= 0.3 is 0 Å². The van der Waals surface area contributed by atoms with Crippen molar-refractivity contribution >= 4 is 11.7 Å². The summed E-state index contributed by atoms with van der Waals surface area (Å²) in [5.41, 5.74) is 12.9. The summed E-state index contributed by atoms with van der Waals surface area (Å²) < 4.78 is 18.8. The highest BCUT2D eigenvalue weighted by molar-refractivity contribution is 5.92. The van der Waals surface area contributed by atoms with E-state index in [2.05, 4.69) is 20.2 Å². The quantitative estimate of drug-likeness (QED) is 0.741. The minimum absolute atomic E-state index is 0.360. The van der Waals surface area contributed by atoms with Crippen molar-refractivity contribution < 1.29 is 9.13 Å². The number of aryl methyl sites for hydroxylation is 2. The summed E-state index contributed by atoms with van der Waals surface area (Å²) in [5.74, 6) is 1.02. The van der Waals surface area contributed by atoms with E-state index < -0.39 is 6.29 Å². The summed E-state index contributed by atoms with van der Waals surface area (Å²) in [6, 6.07) is 3.44. The van der Waals surface area contributed by atoms with Crippen LogP contribution in [-0.2, 0) is 12.8 Å². The molecule has 1 atom stereocenters. The second-order valence-electron chi connectivity index (χ2n) is 5.26. The van der Waals surface area contributed by atoms with Crippen molar-refractivity contribution in [3.8, 4) is 5.88 Å². The molecule has 0 bridgehead atoms. The molecule has 9 heteroatoms. The van der Waals surface area contributed by atoms with Crippen LogP contribution < -0.4 is 21.1 Å². The van der Waals surface area contributed by atoms with E-state index in [4.69, 9.17) is 16.2 Å². The first-order valence-corrected chi connectivity index (χ1v) is 7.35. The molecule has 2 aromatic rings. The smallest absolute Gasteiger partial charge is 0.213 e. The van der Waals surface area contributed by atoms with Gasteiger partial charge in [0.2, 0.25) is 5.88 Å². The maximum atomic E-state index is 13.8. The molecule has 0 radical (unpaired) electrons. The van der Waals surface area contributed by atoms with Crippen molar-refractivity contribution in [1.82, 2.24) is 15.2 Å². The molecular weight excluding hydrogens is 313 g/mol. The van der Waals surface area contributed by atoms with Crippen LogP contribution in [0.15, 0.2) is 35.6 Å². The van der Waals surface area contributed by atoms with Crippen molar-refractivity contribution in [3.05, 3.63) is 47.7 Å². The van der Waals surface area contributed by atoms with Gasteiger partial charge in [-0.05, 0) is 24.5 Å². The Bertz CT molecular complexity index is 786. The second kappa shape index (κ2) is 6.67. The van der Waals surface area contributed by atoms with E-state index in [0.29, 0.717) is 35.9 Å². The molecular formula is C15H18FN7O. The highest BCUT2D eigenvalue weighted by Gasteiger charge is 2.18. The Labute approximate surface area is 138 Å². The van der Waals surface area contributed by atoms with E-state index in [-0.39, 0.29) is 5.82 Å². The van der Waals surface area contributed by atoms with E-state index >= 15 is 0 Å². The van der Waals surface area contributed by atoms with E-state index in [1.807, 2.05) is 6.07 Å². The van der Waals surface area contributed by atoms with E-state index in [9.17, 15) is 4.39 Å². The molecule has 3 rings (SSSR count). The van der Waals surface area contributed by atoms with Gasteiger partial charge in [0.15, 0.2) is 12.1 Å². The minimum Gasteiger partial charge on any atom is -0.481 e. The SMILES string of the molecule is COc1cc(CCc2cc(N3C=CC(N)=NC3N)n[nH]2)c(F)cn1. The third-order valence-electron chi connectivity index (χ3n) is 3.64. The van der Waals surface area contributed by atoms with Gasteiger partial charge in [-0.25, -0.2) is 14.4 Å². The molecule has 1 aliphatic rings. The topological polar surface area (TPSA) is 118 Å².